The first-order chi connectivity index (χ1) is 14.6. The van der Waals surface area contributed by atoms with Crippen molar-refractivity contribution < 1.29 is 28.5 Å². The molecule has 31 heavy (non-hydrogen) atoms. The van der Waals surface area contributed by atoms with Crippen molar-refractivity contribution in [1.82, 2.24) is 10.6 Å². The van der Waals surface area contributed by atoms with Crippen molar-refractivity contribution in [3.8, 4) is 0 Å². The molecule has 4 N–H and O–H groups in total. The Bertz CT molecular complexity index is 643. The minimum absolute atomic E-state index is 0.0453. The fourth-order valence-electron chi connectivity index (χ4n) is 4.35. The zero-order valence-electron chi connectivity index (χ0n) is 19.5. The smallest absolute Gasteiger partial charge is 0.407 e. The maximum absolute atomic E-state index is 12.3. The van der Waals surface area contributed by atoms with Crippen LogP contribution in [0.5, 0.6) is 0 Å². The molecule has 1 heterocycles. The van der Waals surface area contributed by atoms with Gasteiger partial charge >= 0.3 is 6.09 Å². The van der Waals surface area contributed by atoms with Crippen LogP contribution in [0.25, 0.3) is 0 Å². The third-order valence-corrected chi connectivity index (χ3v) is 5.99. The quantitative estimate of drug-likeness (QED) is 0.252. The van der Waals surface area contributed by atoms with Gasteiger partial charge in [0.1, 0.15) is 12.2 Å². The van der Waals surface area contributed by atoms with E-state index in [0.717, 1.165) is 6.42 Å². The van der Waals surface area contributed by atoms with Crippen molar-refractivity contribution in [2.75, 3.05) is 40.0 Å². The molecule has 1 saturated carbocycles. The average molecular weight is 442 g/mol. The Morgan fingerprint density at radius 2 is 1.94 bits per heavy atom. The van der Waals surface area contributed by atoms with Crippen molar-refractivity contribution in [2.45, 2.75) is 70.4 Å². The summed E-state index contributed by atoms with van der Waals surface area (Å²) in [5.41, 5.74) is 5.62. The number of epoxide rings is 1. The summed E-state index contributed by atoms with van der Waals surface area (Å²) in [6.07, 6.45) is 2.86. The van der Waals surface area contributed by atoms with Gasteiger partial charge in [-0.3, -0.25) is 4.79 Å². The SMILES string of the molecule is COC1C(OC(=O)NCCCNC(=O)CN)CC[C@]2(CO2)C1C(C)(C)OCC=C(C)C. The molecule has 2 amide bonds. The number of hydrogen-bond acceptors (Lipinski definition) is 7. The van der Waals surface area contributed by atoms with Gasteiger partial charge in [-0.05, 0) is 47.0 Å². The summed E-state index contributed by atoms with van der Waals surface area (Å²) in [6.45, 7) is 10.1. The number of nitrogens with one attached hydrogen (secondary N) is 2. The van der Waals surface area contributed by atoms with Gasteiger partial charge in [-0.1, -0.05) is 11.6 Å². The molecule has 0 aromatic carbocycles. The standard InChI is InChI=1S/C22H39N3O6/c1-15(2)8-12-29-21(3,4)19-18(28-5)16(7-9-22(19)14-30-22)31-20(27)25-11-6-10-24-17(26)13-23/h8,16,18-19H,6-7,9-14,23H2,1-5H3,(H,24,26)(H,25,27)/t16?,18?,19?,22-/m0/s1. The minimum atomic E-state index is -0.525. The van der Waals surface area contributed by atoms with Gasteiger partial charge in [0.15, 0.2) is 0 Å². The van der Waals surface area contributed by atoms with E-state index in [0.29, 0.717) is 39.1 Å². The number of carbonyl (C=O) groups excluding carboxylic acids is 2. The van der Waals surface area contributed by atoms with Crippen LogP contribution in [-0.2, 0) is 23.7 Å². The van der Waals surface area contributed by atoms with Crippen LogP contribution in [0, 0.1) is 5.92 Å². The maximum atomic E-state index is 12.3. The topological polar surface area (TPSA) is 124 Å². The lowest BCUT2D eigenvalue weighted by Gasteiger charge is -2.47. The fourth-order valence-corrected chi connectivity index (χ4v) is 4.35. The van der Waals surface area contributed by atoms with E-state index in [9.17, 15) is 9.59 Å². The van der Waals surface area contributed by atoms with Crippen LogP contribution in [0.4, 0.5) is 4.79 Å². The van der Waals surface area contributed by atoms with E-state index in [-0.39, 0.29) is 30.1 Å². The van der Waals surface area contributed by atoms with Crippen molar-refractivity contribution in [2.24, 2.45) is 11.7 Å². The second kappa shape index (κ2) is 11.3. The third-order valence-electron chi connectivity index (χ3n) is 5.99. The zero-order valence-corrected chi connectivity index (χ0v) is 19.5. The molecule has 9 nitrogen and oxygen atoms in total. The number of ether oxygens (including phenoxy) is 4. The average Bonchev–Trinajstić information content (AvgIpc) is 3.47. The summed E-state index contributed by atoms with van der Waals surface area (Å²) in [7, 11) is 1.64. The van der Waals surface area contributed by atoms with Gasteiger partial charge in [-0.15, -0.1) is 0 Å². The van der Waals surface area contributed by atoms with E-state index in [1.54, 1.807) is 7.11 Å². The number of amides is 2. The Hall–Kier alpha value is -1.68. The molecule has 3 unspecified atom stereocenters. The molecule has 2 aliphatic rings. The summed E-state index contributed by atoms with van der Waals surface area (Å²) in [6, 6.07) is 0. The van der Waals surface area contributed by atoms with Crippen molar-refractivity contribution >= 4 is 12.0 Å². The molecule has 1 spiro atoms. The Morgan fingerprint density at radius 1 is 1.26 bits per heavy atom. The zero-order chi connectivity index (χ0) is 23.1. The molecule has 0 radical (unpaired) electrons. The van der Waals surface area contributed by atoms with Gasteiger partial charge in [-0.2, -0.15) is 0 Å². The van der Waals surface area contributed by atoms with E-state index in [4.69, 9.17) is 24.7 Å². The summed E-state index contributed by atoms with van der Waals surface area (Å²) < 4.78 is 23.7. The normalized spacial score (nSPS) is 27.5. The first kappa shape index (κ1) is 25.6. The molecule has 4 atom stereocenters. The first-order valence-corrected chi connectivity index (χ1v) is 11.0. The highest BCUT2D eigenvalue weighted by Gasteiger charge is 2.64. The lowest BCUT2D eigenvalue weighted by molar-refractivity contribution is -0.172. The van der Waals surface area contributed by atoms with Gasteiger partial charge in [0.25, 0.3) is 0 Å². The molecule has 2 fully saturated rings. The summed E-state index contributed by atoms with van der Waals surface area (Å²) >= 11 is 0. The Morgan fingerprint density at radius 3 is 2.52 bits per heavy atom. The third kappa shape index (κ3) is 7.17. The van der Waals surface area contributed by atoms with Crippen molar-refractivity contribution in [3.63, 3.8) is 0 Å². The predicted octanol–water partition coefficient (Wildman–Crippen LogP) is 1.50. The van der Waals surface area contributed by atoms with Gasteiger partial charge in [0, 0.05) is 26.1 Å². The number of allylic oxidation sites excluding steroid dienone is 1. The molecule has 0 aromatic rings. The molecule has 178 valence electrons. The van der Waals surface area contributed by atoms with Gasteiger partial charge in [0.05, 0.1) is 31.0 Å². The van der Waals surface area contributed by atoms with Crippen molar-refractivity contribution in [1.29, 1.82) is 0 Å². The highest BCUT2D eigenvalue weighted by Crippen LogP contribution is 2.52. The van der Waals surface area contributed by atoms with E-state index < -0.39 is 17.8 Å². The summed E-state index contributed by atoms with van der Waals surface area (Å²) in [5.74, 6) is -0.294. The van der Waals surface area contributed by atoms with E-state index in [1.807, 2.05) is 33.8 Å². The Balaban J connectivity index is 1.93. The summed E-state index contributed by atoms with van der Waals surface area (Å²) in [5, 5.41) is 5.39. The number of carbonyl (C=O) groups is 2. The molecule has 0 bridgehead atoms. The largest absolute Gasteiger partial charge is 0.443 e. The fraction of sp³-hybridized carbons (Fsp3) is 0.818. The van der Waals surface area contributed by atoms with E-state index in [2.05, 4.69) is 10.6 Å². The maximum Gasteiger partial charge on any atom is 0.407 e. The van der Waals surface area contributed by atoms with Crippen LogP contribution in [-0.4, -0.2) is 75.4 Å². The van der Waals surface area contributed by atoms with Gasteiger partial charge in [0.2, 0.25) is 5.91 Å². The molecule has 0 aromatic heterocycles. The monoisotopic (exact) mass is 441 g/mol. The Kier molecular flexibility index (Phi) is 9.29. The number of rotatable bonds is 11. The van der Waals surface area contributed by atoms with Crippen LogP contribution >= 0.6 is 0 Å². The molecule has 1 saturated heterocycles. The predicted molar refractivity (Wildman–Crippen MR) is 117 cm³/mol. The van der Waals surface area contributed by atoms with E-state index in [1.165, 1.54) is 5.57 Å². The highest BCUT2D eigenvalue weighted by atomic mass is 16.6. The van der Waals surface area contributed by atoms with Gasteiger partial charge in [-0.25, -0.2) is 4.79 Å². The Labute approximate surface area is 185 Å². The molecular formula is C22H39N3O6. The molecule has 9 heteroatoms. The lowest BCUT2D eigenvalue weighted by Crippen LogP contribution is -2.59. The molecule has 2 rings (SSSR count). The van der Waals surface area contributed by atoms with Crippen molar-refractivity contribution in [3.05, 3.63) is 11.6 Å². The second-order valence-electron chi connectivity index (χ2n) is 9.04. The van der Waals surface area contributed by atoms with Crippen LogP contribution in [0.2, 0.25) is 0 Å². The number of hydrogen-bond donors (Lipinski definition) is 3. The first-order valence-electron chi connectivity index (χ1n) is 11.0. The molecular weight excluding hydrogens is 402 g/mol. The molecule has 1 aliphatic heterocycles. The van der Waals surface area contributed by atoms with Crippen LogP contribution in [0.1, 0.15) is 47.0 Å². The number of nitrogens with two attached hydrogens (primary N) is 1. The number of methoxy groups -OCH3 is 1. The lowest BCUT2D eigenvalue weighted by atomic mass is 9.68. The second-order valence-corrected chi connectivity index (χ2v) is 9.04. The van der Waals surface area contributed by atoms with Crippen LogP contribution < -0.4 is 16.4 Å². The van der Waals surface area contributed by atoms with Gasteiger partial charge < -0.3 is 35.3 Å². The number of alkyl carbamates (subject to hydrolysis) is 1. The highest BCUT2D eigenvalue weighted by molar-refractivity contribution is 5.77. The summed E-state index contributed by atoms with van der Waals surface area (Å²) in [4.78, 5) is 23.5. The van der Waals surface area contributed by atoms with Crippen LogP contribution in [0.15, 0.2) is 11.6 Å². The molecule has 1 aliphatic carbocycles. The van der Waals surface area contributed by atoms with Crippen LogP contribution in [0.3, 0.4) is 0 Å². The minimum Gasteiger partial charge on any atom is -0.443 e. The van der Waals surface area contributed by atoms with E-state index >= 15 is 0 Å².